The average molecular weight is 280 g/mol. The van der Waals surface area contributed by atoms with Crippen LogP contribution in [0.25, 0.3) is 0 Å². The second-order valence-corrected chi connectivity index (χ2v) is 5.16. The summed E-state index contributed by atoms with van der Waals surface area (Å²) in [4.78, 5) is 14.5. The fourth-order valence-electron chi connectivity index (χ4n) is 1.81. The third-order valence-corrected chi connectivity index (χ3v) is 3.23. The van der Waals surface area contributed by atoms with Gasteiger partial charge in [0, 0.05) is 19.5 Å². The number of amides is 1. The first-order valence-electron chi connectivity index (χ1n) is 6.07. The Morgan fingerprint density at radius 2 is 2.16 bits per heavy atom. The van der Waals surface area contributed by atoms with Crippen LogP contribution in [0, 0.1) is 6.92 Å². The van der Waals surface area contributed by atoms with E-state index in [0.29, 0.717) is 22.7 Å². The topological polar surface area (TPSA) is 55.6 Å². The van der Waals surface area contributed by atoms with Crippen LogP contribution in [-0.2, 0) is 0 Å². The number of nitrogens with two attached hydrogens (primary N) is 1. The number of carbonyl (C=O) groups is 1. The number of hydrogen-bond acceptors (Lipinski definition) is 3. The van der Waals surface area contributed by atoms with Gasteiger partial charge in [-0.05, 0) is 26.0 Å². The van der Waals surface area contributed by atoms with Crippen LogP contribution < -0.4 is 10.5 Å². The van der Waals surface area contributed by atoms with Crippen molar-refractivity contribution in [1.82, 2.24) is 4.90 Å². The molecule has 4 nitrogen and oxygen atoms in total. The van der Waals surface area contributed by atoms with Crippen LogP contribution in [0.2, 0.25) is 0 Å². The molecular weight excluding hydrogens is 260 g/mol. The molecule has 1 rings (SSSR count). The standard InChI is InChI=1S/C14H20N2O2S/c1-9-5-6-12(18-4)11(7-9)14(17)16(3)10(2)8-13(15)19/h5-7,10H,8H2,1-4H3,(H2,15,19). The Morgan fingerprint density at radius 3 is 2.68 bits per heavy atom. The number of hydrogen-bond donors (Lipinski definition) is 1. The van der Waals surface area contributed by atoms with Crippen LogP contribution in [-0.4, -0.2) is 36.0 Å². The number of methoxy groups -OCH3 is 1. The highest BCUT2D eigenvalue weighted by Gasteiger charge is 2.21. The van der Waals surface area contributed by atoms with E-state index < -0.39 is 0 Å². The summed E-state index contributed by atoms with van der Waals surface area (Å²) in [6.45, 7) is 3.86. The number of ether oxygens (including phenoxy) is 1. The van der Waals surface area contributed by atoms with Gasteiger partial charge in [0.05, 0.1) is 17.7 Å². The largest absolute Gasteiger partial charge is 0.496 e. The van der Waals surface area contributed by atoms with Gasteiger partial charge in [-0.3, -0.25) is 4.79 Å². The van der Waals surface area contributed by atoms with Gasteiger partial charge in [0.25, 0.3) is 5.91 Å². The van der Waals surface area contributed by atoms with Gasteiger partial charge in [-0.2, -0.15) is 0 Å². The molecule has 0 heterocycles. The van der Waals surface area contributed by atoms with E-state index in [2.05, 4.69) is 0 Å². The molecule has 0 saturated heterocycles. The van der Waals surface area contributed by atoms with Crippen molar-refractivity contribution in [3.63, 3.8) is 0 Å². The number of thiocarbonyl (C=S) groups is 1. The Labute approximate surface area is 119 Å². The van der Waals surface area contributed by atoms with Gasteiger partial charge in [0.1, 0.15) is 5.75 Å². The summed E-state index contributed by atoms with van der Waals surface area (Å²) in [6.07, 6.45) is 0.506. The third kappa shape index (κ3) is 3.92. The molecule has 1 atom stereocenters. The van der Waals surface area contributed by atoms with E-state index in [4.69, 9.17) is 22.7 Å². The molecule has 1 unspecified atom stereocenters. The minimum atomic E-state index is -0.0932. The smallest absolute Gasteiger partial charge is 0.257 e. The maximum Gasteiger partial charge on any atom is 0.257 e. The van der Waals surface area contributed by atoms with Gasteiger partial charge < -0.3 is 15.4 Å². The highest BCUT2D eigenvalue weighted by atomic mass is 32.1. The third-order valence-electron chi connectivity index (χ3n) is 3.06. The van der Waals surface area contributed by atoms with Crippen molar-refractivity contribution >= 4 is 23.1 Å². The van der Waals surface area contributed by atoms with Gasteiger partial charge in [-0.25, -0.2) is 0 Å². The van der Waals surface area contributed by atoms with Crippen molar-refractivity contribution in [3.8, 4) is 5.75 Å². The van der Waals surface area contributed by atoms with E-state index in [0.717, 1.165) is 5.56 Å². The van der Waals surface area contributed by atoms with Gasteiger partial charge in [-0.1, -0.05) is 23.8 Å². The van der Waals surface area contributed by atoms with Gasteiger partial charge in [0.2, 0.25) is 0 Å². The predicted octanol–water partition coefficient (Wildman–Crippen LogP) is 2.14. The summed E-state index contributed by atoms with van der Waals surface area (Å²) in [5.41, 5.74) is 7.09. The van der Waals surface area contributed by atoms with E-state index >= 15 is 0 Å². The maximum absolute atomic E-state index is 12.5. The molecule has 0 aliphatic carbocycles. The minimum Gasteiger partial charge on any atom is -0.496 e. The van der Waals surface area contributed by atoms with Crippen molar-refractivity contribution < 1.29 is 9.53 Å². The molecule has 0 fully saturated rings. The Balaban J connectivity index is 2.99. The first kappa shape index (κ1) is 15.4. The van der Waals surface area contributed by atoms with Crippen LogP contribution in [0.15, 0.2) is 18.2 Å². The van der Waals surface area contributed by atoms with Crippen molar-refractivity contribution in [2.24, 2.45) is 5.73 Å². The molecule has 0 aliphatic heterocycles. The van der Waals surface area contributed by atoms with Crippen LogP contribution in [0.5, 0.6) is 5.75 Å². The van der Waals surface area contributed by atoms with Crippen LogP contribution >= 0.6 is 12.2 Å². The second-order valence-electron chi connectivity index (χ2n) is 4.64. The normalized spacial score (nSPS) is 11.8. The predicted molar refractivity (Wildman–Crippen MR) is 80.7 cm³/mol. The summed E-state index contributed by atoms with van der Waals surface area (Å²) >= 11 is 4.88. The minimum absolute atomic E-state index is 0.0461. The Hall–Kier alpha value is -1.62. The van der Waals surface area contributed by atoms with E-state index in [1.807, 2.05) is 26.0 Å². The molecule has 1 aromatic carbocycles. The van der Waals surface area contributed by atoms with Crippen LogP contribution in [0.1, 0.15) is 29.3 Å². The molecule has 0 radical (unpaired) electrons. The zero-order chi connectivity index (χ0) is 14.6. The lowest BCUT2D eigenvalue weighted by Crippen LogP contribution is -2.37. The molecule has 0 aromatic heterocycles. The van der Waals surface area contributed by atoms with E-state index in [-0.39, 0.29) is 11.9 Å². The van der Waals surface area contributed by atoms with E-state index in [9.17, 15) is 4.79 Å². The highest BCUT2D eigenvalue weighted by molar-refractivity contribution is 7.80. The molecule has 5 heteroatoms. The summed E-state index contributed by atoms with van der Waals surface area (Å²) < 4.78 is 5.23. The van der Waals surface area contributed by atoms with Crippen molar-refractivity contribution in [2.45, 2.75) is 26.3 Å². The quantitative estimate of drug-likeness (QED) is 0.840. The molecular formula is C14H20N2O2S. The van der Waals surface area contributed by atoms with Crippen LogP contribution in [0.3, 0.4) is 0 Å². The van der Waals surface area contributed by atoms with Crippen molar-refractivity contribution in [1.29, 1.82) is 0 Å². The van der Waals surface area contributed by atoms with Crippen molar-refractivity contribution in [3.05, 3.63) is 29.3 Å². The van der Waals surface area contributed by atoms with Gasteiger partial charge in [-0.15, -0.1) is 0 Å². The summed E-state index contributed by atoms with van der Waals surface area (Å²) in [5, 5.41) is 0. The first-order chi connectivity index (χ1) is 8.86. The van der Waals surface area contributed by atoms with Crippen LogP contribution in [0.4, 0.5) is 0 Å². The molecule has 104 valence electrons. The monoisotopic (exact) mass is 280 g/mol. The zero-order valence-electron chi connectivity index (χ0n) is 11.8. The lowest BCUT2D eigenvalue weighted by molar-refractivity contribution is 0.0744. The molecule has 0 saturated carbocycles. The number of nitrogens with zero attached hydrogens (tertiary/aromatic N) is 1. The molecule has 1 aromatic rings. The fraction of sp³-hybridized carbons (Fsp3) is 0.429. The fourth-order valence-corrected chi connectivity index (χ4v) is 2.05. The van der Waals surface area contributed by atoms with E-state index in [1.165, 1.54) is 0 Å². The second kappa shape index (κ2) is 6.52. The number of rotatable bonds is 5. The zero-order valence-corrected chi connectivity index (χ0v) is 12.6. The maximum atomic E-state index is 12.5. The van der Waals surface area contributed by atoms with Gasteiger partial charge >= 0.3 is 0 Å². The summed E-state index contributed by atoms with van der Waals surface area (Å²) in [5.74, 6) is 0.481. The molecule has 0 aliphatic rings. The summed E-state index contributed by atoms with van der Waals surface area (Å²) in [6, 6.07) is 5.49. The molecule has 1 amide bonds. The molecule has 19 heavy (non-hydrogen) atoms. The number of carbonyl (C=O) groups excluding carboxylic acids is 1. The Morgan fingerprint density at radius 1 is 1.53 bits per heavy atom. The van der Waals surface area contributed by atoms with Gasteiger partial charge in [0.15, 0.2) is 0 Å². The molecule has 0 spiro atoms. The number of aryl methyl sites for hydroxylation is 1. The Kier molecular flexibility index (Phi) is 5.30. The first-order valence-corrected chi connectivity index (χ1v) is 6.47. The van der Waals surface area contributed by atoms with E-state index in [1.54, 1.807) is 25.1 Å². The highest BCUT2D eigenvalue weighted by Crippen LogP contribution is 2.22. The van der Waals surface area contributed by atoms with Crippen molar-refractivity contribution in [2.75, 3.05) is 14.2 Å². The lowest BCUT2D eigenvalue weighted by Gasteiger charge is -2.25. The Bertz CT molecular complexity index is 488. The number of benzene rings is 1. The lowest BCUT2D eigenvalue weighted by atomic mass is 10.1. The molecule has 0 bridgehead atoms. The summed E-state index contributed by atoms with van der Waals surface area (Å²) in [7, 11) is 3.30. The average Bonchev–Trinajstić information content (AvgIpc) is 2.36. The molecule has 2 N–H and O–H groups in total. The SMILES string of the molecule is COc1ccc(C)cc1C(=O)N(C)C(C)CC(N)=S.